The Bertz CT molecular complexity index is 707. The van der Waals surface area contributed by atoms with E-state index in [1.54, 1.807) is 12.1 Å². The molecule has 0 unspecified atom stereocenters. The van der Waals surface area contributed by atoms with Crippen LogP contribution >= 0.6 is 11.6 Å². The van der Waals surface area contributed by atoms with Crippen LogP contribution in [0.1, 0.15) is 36.2 Å². The average molecular weight is 302 g/mol. The van der Waals surface area contributed by atoms with E-state index in [1.165, 1.54) is 0 Å². The Labute approximate surface area is 129 Å². The lowest BCUT2D eigenvalue weighted by Gasteiger charge is -2.11. The number of nitrogens with zero attached hydrogens (tertiary/aromatic N) is 3. The van der Waals surface area contributed by atoms with Gasteiger partial charge in [0.25, 0.3) is 5.88 Å². The SMILES string of the molecule is CCc1nnc(Oc2ccc(Cl)c(C)c2)c(C#N)c1CC. The second kappa shape index (κ2) is 6.55. The minimum atomic E-state index is 0.244. The van der Waals surface area contributed by atoms with E-state index in [0.717, 1.165) is 29.7 Å². The van der Waals surface area contributed by atoms with Crippen molar-refractivity contribution in [2.45, 2.75) is 33.6 Å². The minimum Gasteiger partial charge on any atom is -0.437 e. The molecule has 108 valence electrons. The monoisotopic (exact) mass is 301 g/mol. The standard InChI is InChI=1S/C16H16ClN3O/c1-4-12-13(9-18)16(20-19-15(12)5-2)21-11-6-7-14(17)10(3)8-11/h6-8H,4-5H2,1-3H3. The molecule has 2 aromatic rings. The Hall–Kier alpha value is -2.12. The largest absolute Gasteiger partial charge is 0.437 e. The van der Waals surface area contributed by atoms with E-state index in [9.17, 15) is 5.26 Å². The third-order valence-corrected chi connectivity index (χ3v) is 3.69. The zero-order valence-corrected chi connectivity index (χ0v) is 13.0. The fourth-order valence-corrected chi connectivity index (χ4v) is 2.25. The third-order valence-electron chi connectivity index (χ3n) is 3.27. The van der Waals surface area contributed by atoms with Gasteiger partial charge in [-0.05, 0) is 49.1 Å². The number of aromatic nitrogens is 2. The van der Waals surface area contributed by atoms with Gasteiger partial charge in [-0.15, -0.1) is 5.10 Å². The van der Waals surface area contributed by atoms with E-state index < -0.39 is 0 Å². The fraction of sp³-hybridized carbons (Fsp3) is 0.312. The van der Waals surface area contributed by atoms with Crippen LogP contribution in [0.25, 0.3) is 0 Å². The van der Waals surface area contributed by atoms with Crippen molar-refractivity contribution in [3.8, 4) is 17.7 Å². The average Bonchev–Trinajstić information content (AvgIpc) is 2.50. The first-order chi connectivity index (χ1) is 10.1. The highest BCUT2D eigenvalue weighted by Crippen LogP contribution is 2.28. The van der Waals surface area contributed by atoms with Crippen molar-refractivity contribution >= 4 is 11.6 Å². The lowest BCUT2D eigenvalue weighted by atomic mass is 10.0. The molecule has 0 N–H and O–H groups in total. The molecule has 0 spiro atoms. The predicted molar refractivity (Wildman–Crippen MR) is 81.8 cm³/mol. The summed E-state index contributed by atoms with van der Waals surface area (Å²) in [6, 6.07) is 7.50. The van der Waals surface area contributed by atoms with E-state index in [2.05, 4.69) is 16.3 Å². The van der Waals surface area contributed by atoms with Gasteiger partial charge in [0, 0.05) is 5.02 Å². The molecule has 0 fully saturated rings. The van der Waals surface area contributed by atoms with Gasteiger partial charge in [0.1, 0.15) is 17.4 Å². The normalized spacial score (nSPS) is 10.2. The molecule has 21 heavy (non-hydrogen) atoms. The lowest BCUT2D eigenvalue weighted by molar-refractivity contribution is 0.450. The van der Waals surface area contributed by atoms with Crippen LogP contribution in [-0.4, -0.2) is 10.2 Å². The van der Waals surface area contributed by atoms with Crippen molar-refractivity contribution in [3.63, 3.8) is 0 Å². The Morgan fingerprint density at radius 2 is 2.00 bits per heavy atom. The van der Waals surface area contributed by atoms with Crippen molar-refractivity contribution in [1.29, 1.82) is 5.26 Å². The first kappa shape index (κ1) is 15.3. The summed E-state index contributed by atoms with van der Waals surface area (Å²) in [5, 5.41) is 18.3. The highest BCUT2D eigenvalue weighted by Gasteiger charge is 2.16. The molecule has 0 radical (unpaired) electrons. The Morgan fingerprint density at radius 1 is 1.24 bits per heavy atom. The van der Waals surface area contributed by atoms with Gasteiger partial charge in [-0.25, -0.2) is 0 Å². The quantitative estimate of drug-likeness (QED) is 0.848. The number of hydrogen-bond donors (Lipinski definition) is 0. The topological polar surface area (TPSA) is 58.8 Å². The molecule has 0 bridgehead atoms. The summed E-state index contributed by atoms with van der Waals surface area (Å²) < 4.78 is 5.72. The van der Waals surface area contributed by atoms with Crippen LogP contribution < -0.4 is 4.74 Å². The number of hydrogen-bond acceptors (Lipinski definition) is 4. The smallest absolute Gasteiger partial charge is 0.257 e. The van der Waals surface area contributed by atoms with Crippen molar-refractivity contribution < 1.29 is 4.74 Å². The van der Waals surface area contributed by atoms with Crippen LogP contribution in [0.3, 0.4) is 0 Å². The van der Waals surface area contributed by atoms with Gasteiger partial charge in [-0.2, -0.15) is 10.4 Å². The molecule has 0 aliphatic rings. The van der Waals surface area contributed by atoms with Crippen molar-refractivity contribution in [2.75, 3.05) is 0 Å². The summed E-state index contributed by atoms with van der Waals surface area (Å²) >= 11 is 5.99. The maximum Gasteiger partial charge on any atom is 0.257 e. The first-order valence-corrected chi connectivity index (χ1v) is 7.21. The fourth-order valence-electron chi connectivity index (χ4n) is 2.13. The number of halogens is 1. The molecule has 0 atom stereocenters. The van der Waals surface area contributed by atoms with E-state index in [-0.39, 0.29) is 5.88 Å². The lowest BCUT2D eigenvalue weighted by Crippen LogP contribution is -2.05. The molecule has 2 rings (SSSR count). The van der Waals surface area contributed by atoms with Crippen LogP contribution in [0.2, 0.25) is 5.02 Å². The van der Waals surface area contributed by atoms with Crippen LogP contribution in [0.5, 0.6) is 11.6 Å². The maximum atomic E-state index is 9.41. The van der Waals surface area contributed by atoms with E-state index in [0.29, 0.717) is 16.3 Å². The van der Waals surface area contributed by atoms with Gasteiger partial charge in [0.15, 0.2) is 0 Å². The zero-order valence-electron chi connectivity index (χ0n) is 12.3. The Balaban J connectivity index is 2.44. The maximum absolute atomic E-state index is 9.41. The molecule has 0 saturated carbocycles. The summed E-state index contributed by atoms with van der Waals surface area (Å²) in [6.45, 7) is 5.88. The second-order valence-electron chi connectivity index (χ2n) is 4.64. The van der Waals surface area contributed by atoms with Crippen molar-refractivity contribution in [3.05, 3.63) is 45.6 Å². The number of nitriles is 1. The highest BCUT2D eigenvalue weighted by atomic mass is 35.5. The molecule has 5 heteroatoms. The van der Waals surface area contributed by atoms with Gasteiger partial charge in [-0.3, -0.25) is 0 Å². The summed E-state index contributed by atoms with van der Waals surface area (Å²) in [5.74, 6) is 0.835. The molecule has 0 aliphatic carbocycles. The van der Waals surface area contributed by atoms with E-state index in [4.69, 9.17) is 16.3 Å². The highest BCUT2D eigenvalue weighted by molar-refractivity contribution is 6.31. The van der Waals surface area contributed by atoms with Gasteiger partial charge in [0.2, 0.25) is 0 Å². The molecule has 1 aromatic carbocycles. The van der Waals surface area contributed by atoms with E-state index >= 15 is 0 Å². The summed E-state index contributed by atoms with van der Waals surface area (Å²) in [6.07, 6.45) is 1.46. The van der Waals surface area contributed by atoms with Crippen LogP contribution in [0.15, 0.2) is 18.2 Å². The van der Waals surface area contributed by atoms with Crippen molar-refractivity contribution in [1.82, 2.24) is 10.2 Å². The molecule has 0 saturated heterocycles. The van der Waals surface area contributed by atoms with Gasteiger partial charge in [0.05, 0.1) is 5.69 Å². The summed E-state index contributed by atoms with van der Waals surface area (Å²) in [4.78, 5) is 0. The van der Waals surface area contributed by atoms with Crippen LogP contribution in [0.4, 0.5) is 0 Å². The predicted octanol–water partition coefficient (Wildman–Crippen LogP) is 4.23. The van der Waals surface area contributed by atoms with Crippen LogP contribution in [0, 0.1) is 18.3 Å². The van der Waals surface area contributed by atoms with Gasteiger partial charge < -0.3 is 4.74 Å². The number of rotatable bonds is 4. The van der Waals surface area contributed by atoms with Gasteiger partial charge >= 0.3 is 0 Å². The molecule has 1 aromatic heterocycles. The molecule has 1 heterocycles. The molecule has 0 aliphatic heterocycles. The molecular formula is C16H16ClN3O. The minimum absolute atomic E-state index is 0.244. The zero-order chi connectivity index (χ0) is 15.4. The molecular weight excluding hydrogens is 286 g/mol. The summed E-state index contributed by atoms with van der Waals surface area (Å²) in [7, 11) is 0. The molecule has 0 amide bonds. The van der Waals surface area contributed by atoms with Crippen molar-refractivity contribution in [2.24, 2.45) is 0 Å². The number of aryl methyl sites for hydroxylation is 2. The molecule has 4 nitrogen and oxygen atoms in total. The Morgan fingerprint density at radius 3 is 2.57 bits per heavy atom. The number of ether oxygens (including phenoxy) is 1. The van der Waals surface area contributed by atoms with Crippen LogP contribution in [-0.2, 0) is 12.8 Å². The van der Waals surface area contributed by atoms with Gasteiger partial charge in [-0.1, -0.05) is 25.4 Å². The third kappa shape index (κ3) is 3.14. The summed E-state index contributed by atoms with van der Waals surface area (Å²) in [5.41, 5.74) is 3.10. The first-order valence-electron chi connectivity index (χ1n) is 6.83. The second-order valence-corrected chi connectivity index (χ2v) is 5.04. The Kier molecular flexibility index (Phi) is 4.77. The number of benzene rings is 1. The van der Waals surface area contributed by atoms with E-state index in [1.807, 2.05) is 26.8 Å².